The Morgan fingerprint density at radius 1 is 1.73 bits per heavy atom. The van der Waals surface area contributed by atoms with E-state index in [-0.39, 0.29) is 17.6 Å². The summed E-state index contributed by atoms with van der Waals surface area (Å²) in [5, 5.41) is 11.5. The number of aliphatic carboxylic acids is 1. The zero-order valence-corrected chi connectivity index (χ0v) is 9.03. The van der Waals surface area contributed by atoms with Crippen molar-refractivity contribution in [3.8, 4) is 0 Å². The average molecular weight is 211 g/mol. The van der Waals surface area contributed by atoms with Gasteiger partial charge in [-0.15, -0.1) is 0 Å². The third-order valence-electron chi connectivity index (χ3n) is 1.74. The van der Waals surface area contributed by atoms with Crippen molar-refractivity contribution < 1.29 is 9.90 Å². The normalized spacial score (nSPS) is 14.5. The summed E-state index contributed by atoms with van der Waals surface area (Å²) < 4.78 is 0. The summed E-state index contributed by atoms with van der Waals surface area (Å²) in [4.78, 5) is 14.0. The molecule has 0 aliphatic heterocycles. The van der Waals surface area contributed by atoms with Gasteiger partial charge in [-0.05, 0) is 27.0 Å². The van der Waals surface area contributed by atoms with Crippen LogP contribution in [-0.2, 0) is 4.79 Å². The van der Waals surface area contributed by atoms with E-state index in [1.807, 2.05) is 26.0 Å². The number of nitrogens with zero attached hydrogens (tertiary/aromatic N) is 1. The Kier molecular flexibility index (Phi) is 5.85. The molecule has 0 saturated heterocycles. The van der Waals surface area contributed by atoms with Crippen LogP contribution >= 0.6 is 0 Å². The van der Waals surface area contributed by atoms with E-state index >= 15 is 0 Å². The van der Waals surface area contributed by atoms with Gasteiger partial charge in [-0.2, -0.15) is 0 Å². The lowest BCUT2D eigenvalue weighted by Gasteiger charge is -2.13. The number of rotatable bonds is 6. The molecule has 0 heterocycles. The van der Waals surface area contributed by atoms with Crippen LogP contribution in [0.3, 0.4) is 0 Å². The zero-order chi connectivity index (χ0) is 11.8. The topological polar surface area (TPSA) is 87.7 Å². The first-order chi connectivity index (χ1) is 7.02. The van der Waals surface area contributed by atoms with Gasteiger partial charge in [-0.25, -0.2) is 4.79 Å². The number of carboxylic acids is 1. The predicted octanol–water partition coefficient (Wildman–Crippen LogP) is 0.844. The van der Waals surface area contributed by atoms with Crippen LogP contribution < -0.4 is 11.1 Å². The maximum Gasteiger partial charge on any atom is 0.358 e. The third-order valence-corrected chi connectivity index (χ3v) is 1.74. The monoisotopic (exact) mass is 211 g/mol. The number of aliphatic imine (C=N–C) groups is 1. The molecule has 4 N–H and O–H groups in total. The van der Waals surface area contributed by atoms with Crippen LogP contribution in [-0.4, -0.2) is 23.8 Å². The van der Waals surface area contributed by atoms with Gasteiger partial charge in [-0.3, -0.25) is 4.99 Å². The number of carbonyl (C=O) groups is 1. The van der Waals surface area contributed by atoms with Crippen LogP contribution in [0.1, 0.15) is 20.3 Å². The molecular weight excluding hydrogens is 194 g/mol. The molecule has 0 rings (SSSR count). The second kappa shape index (κ2) is 6.64. The van der Waals surface area contributed by atoms with E-state index in [0.717, 1.165) is 6.42 Å². The molecule has 0 amide bonds. The van der Waals surface area contributed by atoms with E-state index in [1.54, 1.807) is 0 Å². The van der Waals surface area contributed by atoms with Gasteiger partial charge >= 0.3 is 5.97 Å². The van der Waals surface area contributed by atoms with Gasteiger partial charge in [0.2, 0.25) is 0 Å². The Morgan fingerprint density at radius 2 is 2.33 bits per heavy atom. The number of nitrogens with two attached hydrogens (primary N) is 1. The number of hydrogen-bond donors (Lipinski definition) is 3. The molecule has 0 aliphatic carbocycles. The number of nitrogens with one attached hydrogen (secondary N) is 1. The Balaban J connectivity index is 4.49. The summed E-state index contributed by atoms with van der Waals surface area (Å²) in [7, 11) is 0. The first-order valence-electron chi connectivity index (χ1n) is 4.60. The Bertz CT molecular complexity index is 295. The van der Waals surface area contributed by atoms with Crippen molar-refractivity contribution >= 4 is 12.7 Å². The molecule has 5 heteroatoms. The van der Waals surface area contributed by atoms with Crippen molar-refractivity contribution in [1.29, 1.82) is 0 Å². The molecule has 84 valence electrons. The molecule has 0 fully saturated rings. The lowest BCUT2D eigenvalue weighted by Crippen LogP contribution is -2.31. The van der Waals surface area contributed by atoms with E-state index in [1.165, 1.54) is 0 Å². The minimum absolute atomic E-state index is 0.0366. The molecule has 0 bridgehead atoms. The Hall–Kier alpha value is -1.78. The maximum absolute atomic E-state index is 10.6. The predicted molar refractivity (Wildman–Crippen MR) is 60.4 cm³/mol. The number of carboxylic acid groups (broad SMARTS) is 1. The summed E-state index contributed by atoms with van der Waals surface area (Å²) in [5.74, 6) is -1.15. The van der Waals surface area contributed by atoms with Crippen LogP contribution in [0.15, 0.2) is 28.7 Å². The smallest absolute Gasteiger partial charge is 0.358 e. The lowest BCUT2D eigenvalue weighted by molar-refractivity contribution is -0.132. The van der Waals surface area contributed by atoms with E-state index < -0.39 is 5.97 Å². The van der Waals surface area contributed by atoms with Gasteiger partial charge in [0, 0.05) is 6.04 Å². The molecule has 0 aromatic rings. The summed E-state index contributed by atoms with van der Waals surface area (Å²) in [6.45, 7) is 6.96. The minimum Gasteiger partial charge on any atom is -0.476 e. The fraction of sp³-hybridized carbons (Fsp3) is 0.400. The van der Waals surface area contributed by atoms with Crippen LogP contribution in [0.4, 0.5) is 0 Å². The first-order valence-corrected chi connectivity index (χ1v) is 4.60. The molecule has 0 spiro atoms. The van der Waals surface area contributed by atoms with Crippen molar-refractivity contribution in [3.05, 3.63) is 23.7 Å². The first kappa shape index (κ1) is 13.2. The fourth-order valence-electron chi connectivity index (χ4n) is 1.00. The van der Waals surface area contributed by atoms with Crippen LogP contribution in [0.5, 0.6) is 0 Å². The largest absolute Gasteiger partial charge is 0.476 e. The molecule has 1 atom stereocenters. The van der Waals surface area contributed by atoms with Gasteiger partial charge < -0.3 is 16.2 Å². The molecule has 5 nitrogen and oxygen atoms in total. The summed E-state index contributed by atoms with van der Waals surface area (Å²) >= 11 is 0. The molecule has 0 aromatic heterocycles. The van der Waals surface area contributed by atoms with Gasteiger partial charge in [0.25, 0.3) is 0 Å². The van der Waals surface area contributed by atoms with Crippen molar-refractivity contribution in [2.45, 2.75) is 26.3 Å². The molecule has 0 radical (unpaired) electrons. The summed E-state index contributed by atoms with van der Waals surface area (Å²) in [5.41, 5.74) is 5.28. The molecule has 0 saturated carbocycles. The van der Waals surface area contributed by atoms with E-state index in [9.17, 15) is 4.79 Å². The zero-order valence-electron chi connectivity index (χ0n) is 9.03. The minimum atomic E-state index is -1.19. The number of allylic oxidation sites excluding steroid dienone is 1. The molecule has 15 heavy (non-hydrogen) atoms. The van der Waals surface area contributed by atoms with Gasteiger partial charge in [-0.1, -0.05) is 12.2 Å². The highest BCUT2D eigenvalue weighted by atomic mass is 16.4. The van der Waals surface area contributed by atoms with Gasteiger partial charge in [0.1, 0.15) is 5.82 Å². The summed E-state index contributed by atoms with van der Waals surface area (Å²) in [6.07, 6.45) is 4.65. The van der Waals surface area contributed by atoms with Crippen LogP contribution in [0, 0.1) is 0 Å². The van der Waals surface area contributed by atoms with E-state index in [4.69, 9.17) is 10.8 Å². The highest BCUT2D eigenvalue weighted by molar-refractivity contribution is 5.87. The molecular formula is C10H17N3O2. The fourth-order valence-corrected chi connectivity index (χ4v) is 1.00. The maximum atomic E-state index is 10.6. The van der Waals surface area contributed by atoms with Crippen molar-refractivity contribution in [1.82, 2.24) is 5.32 Å². The van der Waals surface area contributed by atoms with Crippen LogP contribution in [0.2, 0.25) is 0 Å². The highest BCUT2D eigenvalue weighted by Gasteiger charge is 2.11. The molecule has 0 aliphatic rings. The molecule has 1 unspecified atom stereocenters. The average Bonchev–Trinajstić information content (AvgIpc) is 2.15. The second-order valence-corrected chi connectivity index (χ2v) is 3.08. The Labute approximate surface area is 89.4 Å². The quantitative estimate of drug-likeness (QED) is 0.345. The van der Waals surface area contributed by atoms with Crippen LogP contribution in [0.25, 0.3) is 0 Å². The summed E-state index contributed by atoms with van der Waals surface area (Å²) in [6, 6.07) is 0.0531. The Morgan fingerprint density at radius 3 is 2.73 bits per heavy atom. The SMILES string of the molecule is C=N/C(C(=O)O)=C(/N)NC(C)C/C=C\C. The second-order valence-electron chi connectivity index (χ2n) is 3.08. The van der Waals surface area contributed by atoms with E-state index in [2.05, 4.69) is 17.0 Å². The molecule has 0 aromatic carbocycles. The van der Waals surface area contributed by atoms with Crippen molar-refractivity contribution in [2.24, 2.45) is 10.7 Å². The van der Waals surface area contributed by atoms with Gasteiger partial charge in [0.05, 0.1) is 0 Å². The third kappa shape index (κ3) is 4.85. The van der Waals surface area contributed by atoms with Crippen molar-refractivity contribution in [2.75, 3.05) is 0 Å². The lowest BCUT2D eigenvalue weighted by atomic mass is 10.2. The van der Waals surface area contributed by atoms with Gasteiger partial charge in [0.15, 0.2) is 5.70 Å². The van der Waals surface area contributed by atoms with E-state index in [0.29, 0.717) is 0 Å². The number of hydrogen-bond acceptors (Lipinski definition) is 4. The standard InChI is InChI=1S/C10H17N3O2/c1-4-5-6-7(2)13-9(11)8(12-3)10(14)15/h4-5,7,13H,3,6,11H2,1-2H3,(H,14,15)/b5-4-,9-8-. The highest BCUT2D eigenvalue weighted by Crippen LogP contribution is 2.01. The van der Waals surface area contributed by atoms with Crippen molar-refractivity contribution in [3.63, 3.8) is 0 Å².